The predicted molar refractivity (Wildman–Crippen MR) is 104 cm³/mol. The molecule has 0 radical (unpaired) electrons. The van der Waals surface area contributed by atoms with Gasteiger partial charge in [0.1, 0.15) is 17.1 Å². The number of halogens is 4. The lowest BCUT2D eigenvalue weighted by atomic mass is 10.1. The molecule has 1 aromatic heterocycles. The van der Waals surface area contributed by atoms with E-state index in [9.17, 15) is 21.6 Å². The fourth-order valence-corrected chi connectivity index (χ4v) is 3.76. The van der Waals surface area contributed by atoms with Crippen molar-refractivity contribution in [2.24, 2.45) is 5.14 Å². The zero-order valence-electron chi connectivity index (χ0n) is 14.4. The highest BCUT2D eigenvalue weighted by atomic mass is 35.5. The average molecular weight is 464 g/mol. The first kappa shape index (κ1) is 21.4. The largest absolute Gasteiger partial charge is 0.457 e. The molecular weight excluding hydrogens is 451 g/mol. The molecule has 0 bridgehead atoms. The lowest BCUT2D eigenvalue weighted by Crippen LogP contribution is -2.11. The van der Waals surface area contributed by atoms with Crippen LogP contribution in [0, 0.1) is 0 Å². The summed E-state index contributed by atoms with van der Waals surface area (Å²) in [5.74, 6) is -0.393. The number of hydrogen-bond acceptors (Lipinski definition) is 6. The number of benzene rings is 2. The van der Waals surface area contributed by atoms with Gasteiger partial charge in [0, 0.05) is 16.8 Å². The monoisotopic (exact) mass is 463 g/mol. The molecule has 2 aromatic carbocycles. The van der Waals surface area contributed by atoms with E-state index in [1.54, 1.807) is 0 Å². The summed E-state index contributed by atoms with van der Waals surface area (Å²) >= 11 is 6.95. The number of anilines is 1. The van der Waals surface area contributed by atoms with Crippen LogP contribution in [0.5, 0.6) is 11.5 Å². The summed E-state index contributed by atoms with van der Waals surface area (Å²) in [5.41, 5.74) is -0.751. The van der Waals surface area contributed by atoms with E-state index in [1.165, 1.54) is 41.8 Å². The third kappa shape index (κ3) is 5.60. The summed E-state index contributed by atoms with van der Waals surface area (Å²) < 4.78 is 68.6. The Bertz CT molecular complexity index is 1120. The number of nitrogens with one attached hydrogen (secondary N) is 1. The van der Waals surface area contributed by atoms with Crippen LogP contribution in [0.1, 0.15) is 10.4 Å². The van der Waals surface area contributed by atoms with Crippen molar-refractivity contribution in [3.63, 3.8) is 0 Å². The lowest BCUT2D eigenvalue weighted by molar-refractivity contribution is -0.138. The number of alkyl halides is 3. The Hall–Kier alpha value is -2.34. The SMILES string of the molecule is NS(=O)(=O)c1ccc(Oc2ccc(NCc3cnc(Cl)s3)cc2C(F)(F)F)cc1. The molecular formula is C17H13ClF3N3O3S2. The standard InChI is InChI=1S/C17H13ClF3N3O3S2/c18-16-24-9-12(28-16)8-23-10-1-6-15(14(7-10)17(19,20)21)27-11-2-4-13(5-3-11)29(22,25)26/h1-7,9,23H,8H2,(H2,22,25,26). The predicted octanol–water partition coefficient (Wildman–Crippen LogP) is 4.87. The molecule has 0 saturated carbocycles. The molecule has 0 amide bonds. The van der Waals surface area contributed by atoms with Gasteiger partial charge in [-0.05, 0) is 42.5 Å². The molecule has 6 nitrogen and oxygen atoms in total. The second-order valence-electron chi connectivity index (χ2n) is 5.76. The molecule has 0 aliphatic rings. The van der Waals surface area contributed by atoms with Gasteiger partial charge in [0.15, 0.2) is 4.47 Å². The van der Waals surface area contributed by atoms with Crippen molar-refractivity contribution in [1.29, 1.82) is 0 Å². The third-order valence-corrected chi connectivity index (χ3v) is 5.70. The Morgan fingerprint density at radius 1 is 1.17 bits per heavy atom. The summed E-state index contributed by atoms with van der Waals surface area (Å²) in [5, 5.41) is 7.87. The van der Waals surface area contributed by atoms with Gasteiger partial charge >= 0.3 is 6.18 Å². The molecule has 0 spiro atoms. The van der Waals surface area contributed by atoms with Crippen LogP contribution < -0.4 is 15.2 Å². The molecule has 0 atom stereocenters. The van der Waals surface area contributed by atoms with Gasteiger partial charge in [0.25, 0.3) is 0 Å². The van der Waals surface area contributed by atoms with Crippen molar-refractivity contribution in [3.8, 4) is 11.5 Å². The Kier molecular flexibility index (Phi) is 6.03. The second-order valence-corrected chi connectivity index (χ2v) is 9.02. The number of sulfonamides is 1. The summed E-state index contributed by atoms with van der Waals surface area (Å²) in [7, 11) is -3.91. The van der Waals surface area contributed by atoms with Gasteiger partial charge in [0.05, 0.1) is 11.4 Å². The minimum Gasteiger partial charge on any atom is -0.457 e. The highest BCUT2D eigenvalue weighted by Crippen LogP contribution is 2.40. The maximum atomic E-state index is 13.5. The van der Waals surface area contributed by atoms with Crippen LogP contribution in [-0.4, -0.2) is 13.4 Å². The Morgan fingerprint density at radius 3 is 2.41 bits per heavy atom. The van der Waals surface area contributed by atoms with Crippen molar-refractivity contribution in [3.05, 3.63) is 63.6 Å². The lowest BCUT2D eigenvalue weighted by Gasteiger charge is -2.16. The van der Waals surface area contributed by atoms with Gasteiger partial charge in [-0.3, -0.25) is 0 Å². The summed E-state index contributed by atoms with van der Waals surface area (Å²) in [4.78, 5) is 4.45. The number of ether oxygens (including phenoxy) is 1. The first-order chi connectivity index (χ1) is 13.5. The Morgan fingerprint density at radius 2 is 1.86 bits per heavy atom. The number of aromatic nitrogens is 1. The fraction of sp³-hybridized carbons (Fsp3) is 0.118. The van der Waals surface area contributed by atoms with Crippen molar-refractivity contribution < 1.29 is 26.3 Å². The smallest absolute Gasteiger partial charge is 0.420 e. The molecule has 1 heterocycles. The Balaban J connectivity index is 1.82. The molecule has 0 aliphatic heterocycles. The van der Waals surface area contributed by atoms with Gasteiger partial charge in [-0.15, -0.1) is 11.3 Å². The number of hydrogen-bond donors (Lipinski definition) is 2. The number of nitrogens with two attached hydrogens (primary N) is 1. The summed E-state index contributed by atoms with van der Waals surface area (Å²) in [6, 6.07) is 8.28. The van der Waals surface area contributed by atoms with E-state index in [0.29, 0.717) is 4.47 Å². The normalized spacial score (nSPS) is 12.0. The number of thiazole rings is 1. The first-order valence-corrected chi connectivity index (χ1v) is 10.6. The van der Waals surface area contributed by atoms with E-state index in [4.69, 9.17) is 21.5 Å². The van der Waals surface area contributed by atoms with Crippen LogP contribution in [0.4, 0.5) is 18.9 Å². The van der Waals surface area contributed by atoms with Crippen molar-refractivity contribution in [2.45, 2.75) is 17.6 Å². The molecule has 0 unspecified atom stereocenters. The number of nitrogens with zero attached hydrogens (tertiary/aromatic N) is 1. The molecule has 12 heteroatoms. The molecule has 3 rings (SSSR count). The quantitative estimate of drug-likeness (QED) is 0.544. The molecule has 0 saturated heterocycles. The van der Waals surface area contributed by atoms with Crippen molar-refractivity contribution in [2.75, 3.05) is 5.32 Å². The zero-order valence-corrected chi connectivity index (χ0v) is 16.8. The minimum absolute atomic E-state index is 0.0305. The molecule has 0 fully saturated rings. The highest BCUT2D eigenvalue weighted by molar-refractivity contribution is 7.89. The van der Waals surface area contributed by atoms with Crippen LogP contribution in [0.2, 0.25) is 4.47 Å². The fourth-order valence-electron chi connectivity index (χ4n) is 2.33. The molecule has 0 aliphatic carbocycles. The maximum Gasteiger partial charge on any atom is 0.420 e. The summed E-state index contributed by atoms with van der Waals surface area (Å²) in [6.07, 6.45) is -3.13. The van der Waals surface area contributed by atoms with E-state index in [2.05, 4.69) is 10.3 Å². The second kappa shape index (κ2) is 8.19. The van der Waals surface area contributed by atoms with Crippen LogP contribution >= 0.6 is 22.9 Å². The van der Waals surface area contributed by atoms with Gasteiger partial charge in [-0.2, -0.15) is 13.2 Å². The van der Waals surface area contributed by atoms with Gasteiger partial charge in [-0.1, -0.05) is 11.6 Å². The molecule has 3 N–H and O–H groups in total. The zero-order chi connectivity index (χ0) is 21.2. The van der Waals surface area contributed by atoms with E-state index in [0.717, 1.165) is 23.1 Å². The maximum absolute atomic E-state index is 13.5. The average Bonchev–Trinajstić information content (AvgIpc) is 3.05. The number of rotatable bonds is 6. The molecule has 3 aromatic rings. The van der Waals surface area contributed by atoms with Crippen molar-refractivity contribution in [1.82, 2.24) is 4.98 Å². The third-order valence-electron chi connectivity index (χ3n) is 3.66. The summed E-state index contributed by atoms with van der Waals surface area (Å²) in [6.45, 7) is 0.261. The molecule has 29 heavy (non-hydrogen) atoms. The van der Waals surface area contributed by atoms with Crippen LogP contribution in [0.3, 0.4) is 0 Å². The van der Waals surface area contributed by atoms with Gasteiger partial charge in [0.2, 0.25) is 10.0 Å². The van der Waals surface area contributed by atoms with Crippen LogP contribution in [0.25, 0.3) is 0 Å². The Labute approximate surface area is 173 Å². The number of primary sulfonamides is 1. The van der Waals surface area contributed by atoms with Crippen LogP contribution in [0.15, 0.2) is 53.6 Å². The molecule has 154 valence electrons. The van der Waals surface area contributed by atoms with E-state index < -0.39 is 27.5 Å². The van der Waals surface area contributed by atoms with E-state index in [1.807, 2.05) is 0 Å². The van der Waals surface area contributed by atoms with Crippen molar-refractivity contribution >= 4 is 38.6 Å². The first-order valence-electron chi connectivity index (χ1n) is 7.88. The van der Waals surface area contributed by atoms with E-state index >= 15 is 0 Å². The topological polar surface area (TPSA) is 94.3 Å². The minimum atomic E-state index is -4.67. The van der Waals surface area contributed by atoms with Crippen LogP contribution in [-0.2, 0) is 22.7 Å². The van der Waals surface area contributed by atoms with Gasteiger partial charge < -0.3 is 10.1 Å². The van der Waals surface area contributed by atoms with Gasteiger partial charge in [-0.25, -0.2) is 18.5 Å². The highest BCUT2D eigenvalue weighted by Gasteiger charge is 2.35. The van der Waals surface area contributed by atoms with E-state index in [-0.39, 0.29) is 22.9 Å².